The van der Waals surface area contributed by atoms with Gasteiger partial charge in [-0.05, 0) is 4.84 Å². The minimum absolute atomic E-state index is 0. The Hall–Kier alpha value is 0.967. The quantitative estimate of drug-likeness (QED) is 0.330. The van der Waals surface area contributed by atoms with Crippen molar-refractivity contribution in [1.82, 2.24) is 0 Å². The number of hydrogen-bond donors (Lipinski definition) is 0. The van der Waals surface area contributed by atoms with Gasteiger partial charge in [-0.3, -0.25) is 0 Å². The number of hydrogen-bond acceptors (Lipinski definition) is 0. The molecule has 6 heteroatoms. The Morgan fingerprint density at radius 1 is 1.12 bits per heavy atom. The van der Waals surface area contributed by atoms with Gasteiger partial charge in [0.15, 0.2) is 0 Å². The second-order valence-corrected chi connectivity index (χ2v) is 1.71. The van der Waals surface area contributed by atoms with E-state index in [0.29, 0.717) is 0 Å². The second-order valence-electron chi connectivity index (χ2n) is 0.758. The predicted octanol–water partition coefficient (Wildman–Crippen LogP) is -0.480. The maximum absolute atomic E-state index is 10.9. The molecular weight excluding hydrogens is 159 g/mol. The van der Waals surface area contributed by atoms with E-state index in [4.69, 9.17) is 0 Å². The van der Waals surface area contributed by atoms with Crippen molar-refractivity contribution in [1.29, 1.82) is 0 Å². The summed E-state index contributed by atoms with van der Waals surface area (Å²) in [6, 6.07) is 0. The fraction of sp³-hybridized carbons (Fsp3) is 0.500. The summed E-state index contributed by atoms with van der Waals surface area (Å²) >= 11 is 8.62. The topological polar surface area (TPSA) is 0 Å². The number of rotatable bonds is 0. The van der Waals surface area contributed by atoms with Gasteiger partial charge in [0.05, 0.1) is 0 Å². The van der Waals surface area contributed by atoms with Gasteiger partial charge < -0.3 is 23.2 Å². The third-order valence-electron chi connectivity index (χ3n) is 0.214. The number of alkyl halides is 3. The van der Waals surface area contributed by atoms with Gasteiger partial charge in [0.2, 0.25) is 0 Å². The van der Waals surface area contributed by atoms with E-state index in [-0.39, 0.29) is 18.9 Å². The monoisotopic (exact) mass is 158 g/mol. The van der Waals surface area contributed by atoms with Crippen LogP contribution in [0.5, 0.6) is 0 Å². The molecule has 0 aromatic carbocycles. The molecular formula is C2Cl2F3Li. The summed E-state index contributed by atoms with van der Waals surface area (Å²) in [5.74, 6) is 0. The molecule has 0 saturated heterocycles. The van der Waals surface area contributed by atoms with E-state index in [2.05, 4.69) is 23.2 Å². The molecule has 0 heterocycles. The summed E-state index contributed by atoms with van der Waals surface area (Å²) in [6.07, 6.45) is -4.55. The second kappa shape index (κ2) is 3.89. The minimum atomic E-state index is -4.55. The summed E-state index contributed by atoms with van der Waals surface area (Å²) in [5.41, 5.74) is 0. The van der Waals surface area contributed by atoms with Gasteiger partial charge in [0, 0.05) is 0 Å². The summed E-state index contributed by atoms with van der Waals surface area (Å²) < 4.78 is 32.6. The molecule has 0 aromatic rings. The van der Waals surface area contributed by atoms with Crippen LogP contribution in [0.3, 0.4) is 0 Å². The van der Waals surface area contributed by atoms with Crippen LogP contribution >= 0.6 is 23.2 Å². The van der Waals surface area contributed by atoms with Gasteiger partial charge in [-0.15, -0.1) is 0 Å². The van der Waals surface area contributed by atoms with Crippen LogP contribution in [-0.2, 0) is 0 Å². The zero-order valence-electron chi connectivity index (χ0n) is 3.89. The van der Waals surface area contributed by atoms with Crippen LogP contribution in [-0.4, -0.2) is 6.18 Å². The van der Waals surface area contributed by atoms with Crippen molar-refractivity contribution < 1.29 is 32.0 Å². The Balaban J connectivity index is 0. The summed E-state index contributed by atoms with van der Waals surface area (Å²) in [5, 5.41) is 0. The van der Waals surface area contributed by atoms with Crippen molar-refractivity contribution in [2.75, 3.05) is 0 Å². The van der Waals surface area contributed by atoms with Gasteiger partial charge in [-0.25, -0.2) is 13.2 Å². The van der Waals surface area contributed by atoms with Crippen molar-refractivity contribution in [3.8, 4) is 0 Å². The molecule has 8 heavy (non-hydrogen) atoms. The first-order valence-electron chi connectivity index (χ1n) is 1.19. The van der Waals surface area contributed by atoms with Crippen molar-refractivity contribution in [2.45, 2.75) is 6.18 Å². The Bertz CT molecular complexity index is 60.8. The molecule has 0 amide bonds. The molecule has 0 aliphatic rings. The Morgan fingerprint density at radius 2 is 1.25 bits per heavy atom. The molecule has 0 aliphatic carbocycles. The van der Waals surface area contributed by atoms with Crippen LogP contribution in [0.4, 0.5) is 13.2 Å². The fourth-order valence-corrected chi connectivity index (χ4v) is 0. The Kier molecular flexibility index (Phi) is 5.71. The molecule has 0 unspecified atom stereocenters. The average Bonchev–Trinajstić information content (AvgIpc) is 1.31. The fourth-order valence-electron chi connectivity index (χ4n) is 0. The smallest absolute Gasteiger partial charge is 0.320 e. The maximum atomic E-state index is 10.9. The van der Waals surface area contributed by atoms with Crippen molar-refractivity contribution >= 4 is 23.2 Å². The van der Waals surface area contributed by atoms with Crippen LogP contribution in [0.1, 0.15) is 0 Å². The standard InChI is InChI=1S/C2Cl2F3.Li/c3-1(4)2(5,6)7;/q-1;+1. The van der Waals surface area contributed by atoms with Gasteiger partial charge >= 0.3 is 18.9 Å². The predicted molar refractivity (Wildman–Crippen MR) is 21.0 cm³/mol. The Labute approximate surface area is 66.5 Å². The minimum Gasteiger partial charge on any atom is -0.320 e. The van der Waals surface area contributed by atoms with E-state index >= 15 is 0 Å². The van der Waals surface area contributed by atoms with Gasteiger partial charge in [-0.2, -0.15) is 0 Å². The Morgan fingerprint density at radius 3 is 1.25 bits per heavy atom. The van der Waals surface area contributed by atoms with Crippen LogP contribution in [0.15, 0.2) is 0 Å². The first-order valence-corrected chi connectivity index (χ1v) is 1.95. The van der Waals surface area contributed by atoms with Crippen molar-refractivity contribution in [2.24, 2.45) is 0 Å². The van der Waals surface area contributed by atoms with E-state index in [0.717, 1.165) is 0 Å². The van der Waals surface area contributed by atoms with E-state index in [1.165, 1.54) is 0 Å². The molecule has 0 bridgehead atoms. The molecule has 0 aromatic heterocycles. The third kappa shape index (κ3) is 5.11. The molecule has 0 saturated carbocycles. The largest absolute Gasteiger partial charge is 1.00 e. The van der Waals surface area contributed by atoms with E-state index in [1.807, 2.05) is 0 Å². The summed E-state index contributed by atoms with van der Waals surface area (Å²) in [7, 11) is 0. The molecule has 44 valence electrons. The first-order chi connectivity index (χ1) is 2.94. The summed E-state index contributed by atoms with van der Waals surface area (Å²) in [6.45, 7) is 0. The molecule has 0 rings (SSSR count). The average molecular weight is 159 g/mol. The normalized spacial score (nSPS) is 11.2. The van der Waals surface area contributed by atoms with Crippen molar-refractivity contribution in [3.63, 3.8) is 0 Å². The van der Waals surface area contributed by atoms with E-state index < -0.39 is 11.0 Å². The molecule has 0 aliphatic heterocycles. The molecule has 0 atom stereocenters. The van der Waals surface area contributed by atoms with Gasteiger partial charge in [0.25, 0.3) is 6.18 Å². The zero-order valence-corrected chi connectivity index (χ0v) is 5.40. The molecule has 0 radical (unpaired) electrons. The van der Waals surface area contributed by atoms with E-state index in [1.54, 1.807) is 0 Å². The van der Waals surface area contributed by atoms with Crippen LogP contribution in [0, 0.1) is 4.84 Å². The van der Waals surface area contributed by atoms with E-state index in [9.17, 15) is 13.2 Å². The SMILES string of the molecule is FC(F)(F)[C-](Cl)Cl.[Li+]. The van der Waals surface area contributed by atoms with Gasteiger partial charge in [0.1, 0.15) is 0 Å². The molecule has 0 spiro atoms. The van der Waals surface area contributed by atoms with Crippen LogP contribution < -0.4 is 18.9 Å². The maximum Gasteiger partial charge on any atom is 1.00 e. The molecule has 0 nitrogen and oxygen atoms in total. The third-order valence-corrected chi connectivity index (χ3v) is 0.643. The van der Waals surface area contributed by atoms with Gasteiger partial charge in [-0.1, -0.05) is 0 Å². The molecule has 0 fully saturated rings. The van der Waals surface area contributed by atoms with Crippen LogP contribution in [0.25, 0.3) is 0 Å². The number of halogens is 5. The summed E-state index contributed by atoms with van der Waals surface area (Å²) in [4.78, 5) is -1.56. The van der Waals surface area contributed by atoms with Crippen LogP contribution in [0.2, 0.25) is 0 Å². The molecule has 0 N–H and O–H groups in total. The van der Waals surface area contributed by atoms with Crippen molar-refractivity contribution in [3.05, 3.63) is 4.84 Å². The zero-order chi connectivity index (χ0) is 6.08. The first kappa shape index (κ1) is 11.7.